The molecular weight excluding hydrogens is 657 g/mol. The van der Waals surface area contributed by atoms with Crippen LogP contribution in [0.1, 0.15) is 126 Å². The SMILES string of the molecule is C=C1[C@@H]2C=C[C@@H](C2)[C@@]1(C)C=O.C=C1[C@@H]2CC[C@@H](C2)[C@@]1(C)C=O.CC/C=C(\C)C=O.CC[C@@H]1[C@@H]2C=C[C@@H](C2)[C@@]1(C)C=O.CC[C@@H]1[C@@H]2CC[C@@H](C2)[C@@]1(C)C=O. The molecule has 0 aromatic heterocycles. The van der Waals surface area contributed by atoms with E-state index in [9.17, 15) is 24.0 Å². The van der Waals surface area contributed by atoms with Crippen LogP contribution < -0.4 is 0 Å². The van der Waals surface area contributed by atoms with E-state index in [1.807, 2.05) is 26.8 Å². The highest BCUT2D eigenvalue weighted by molar-refractivity contribution is 5.72. The van der Waals surface area contributed by atoms with Gasteiger partial charge < -0.3 is 19.2 Å². The van der Waals surface area contributed by atoms with Crippen LogP contribution in [0.5, 0.6) is 0 Å². The monoisotopic (exact) mass is 727 g/mol. The fourth-order valence-corrected chi connectivity index (χ4v) is 12.1. The summed E-state index contributed by atoms with van der Waals surface area (Å²) >= 11 is 0. The van der Waals surface area contributed by atoms with E-state index < -0.39 is 0 Å². The first-order valence-corrected chi connectivity index (χ1v) is 20.8. The molecule has 0 unspecified atom stereocenters. The average molecular weight is 727 g/mol. The lowest BCUT2D eigenvalue weighted by Gasteiger charge is -2.36. The number of carbonyl (C=O) groups is 5. The minimum atomic E-state index is -0.251. The molecule has 5 nitrogen and oxygen atoms in total. The Morgan fingerprint density at radius 2 is 1.28 bits per heavy atom. The van der Waals surface area contributed by atoms with Crippen molar-refractivity contribution in [1.82, 2.24) is 0 Å². The Morgan fingerprint density at radius 1 is 0.660 bits per heavy atom. The van der Waals surface area contributed by atoms with Gasteiger partial charge in [-0.05, 0) is 143 Å². The molecule has 0 heterocycles. The molecule has 14 atom stereocenters. The summed E-state index contributed by atoms with van der Waals surface area (Å²) in [6.07, 6.45) is 29.6. The largest absolute Gasteiger partial charge is 0.303 e. The molecule has 0 amide bonds. The summed E-state index contributed by atoms with van der Waals surface area (Å²) in [6.45, 7) is 24.6. The molecule has 0 N–H and O–H groups in total. The summed E-state index contributed by atoms with van der Waals surface area (Å²) in [5, 5.41) is 0. The Kier molecular flexibility index (Phi) is 13.9. The van der Waals surface area contributed by atoms with Crippen molar-refractivity contribution in [1.29, 1.82) is 0 Å². The Hall–Kier alpha value is -2.95. The van der Waals surface area contributed by atoms with Gasteiger partial charge in [0.05, 0.1) is 5.41 Å². The Bertz CT molecular complexity index is 1480. The molecule has 5 heteroatoms. The Balaban J connectivity index is 0.000000150. The topological polar surface area (TPSA) is 85.3 Å². The van der Waals surface area contributed by atoms with Gasteiger partial charge in [-0.25, -0.2) is 0 Å². The summed E-state index contributed by atoms with van der Waals surface area (Å²) in [6, 6.07) is 0. The quantitative estimate of drug-likeness (QED) is 0.141. The third-order valence-corrected chi connectivity index (χ3v) is 16.0. The number of hydrogen-bond donors (Lipinski definition) is 0. The fraction of sp³-hybridized carbons (Fsp3) is 0.688. The van der Waals surface area contributed by atoms with Gasteiger partial charge in [-0.15, -0.1) is 0 Å². The summed E-state index contributed by atoms with van der Waals surface area (Å²) in [5.74, 6) is 6.28. The molecule has 6 saturated carbocycles. The van der Waals surface area contributed by atoms with Crippen molar-refractivity contribution in [2.75, 3.05) is 0 Å². The molecule has 0 radical (unpaired) electrons. The van der Waals surface area contributed by atoms with E-state index in [2.05, 4.69) is 65.2 Å². The lowest BCUT2D eigenvalue weighted by Crippen LogP contribution is -2.34. The molecule has 53 heavy (non-hydrogen) atoms. The lowest BCUT2D eigenvalue weighted by atomic mass is 9.67. The molecular formula is C48H70O5. The van der Waals surface area contributed by atoms with Crippen molar-refractivity contribution in [3.63, 3.8) is 0 Å². The minimum Gasteiger partial charge on any atom is -0.303 e. The van der Waals surface area contributed by atoms with Crippen LogP contribution in [-0.2, 0) is 24.0 Å². The van der Waals surface area contributed by atoms with Crippen molar-refractivity contribution < 1.29 is 24.0 Å². The molecule has 0 saturated heterocycles. The van der Waals surface area contributed by atoms with E-state index >= 15 is 0 Å². The van der Waals surface area contributed by atoms with E-state index in [0.29, 0.717) is 53.3 Å². The first-order chi connectivity index (χ1) is 25.1. The Labute approximate surface area is 321 Å². The van der Waals surface area contributed by atoms with Gasteiger partial charge in [0.2, 0.25) is 0 Å². The van der Waals surface area contributed by atoms with Gasteiger partial charge in [-0.2, -0.15) is 0 Å². The van der Waals surface area contributed by atoms with Gasteiger partial charge in [0, 0.05) is 16.2 Å². The summed E-state index contributed by atoms with van der Waals surface area (Å²) in [4.78, 5) is 53.7. The van der Waals surface area contributed by atoms with Crippen molar-refractivity contribution in [3.05, 3.63) is 60.3 Å². The number of hydrogen-bond acceptors (Lipinski definition) is 5. The maximum atomic E-state index is 11.1. The van der Waals surface area contributed by atoms with E-state index in [1.54, 1.807) is 6.92 Å². The molecule has 8 aliphatic carbocycles. The third kappa shape index (κ3) is 7.79. The maximum Gasteiger partial charge on any atom is 0.145 e. The van der Waals surface area contributed by atoms with Gasteiger partial charge in [-0.1, -0.05) is 102 Å². The minimum absolute atomic E-state index is 0.0394. The number of aldehydes is 5. The first kappa shape index (κ1) is 42.8. The van der Waals surface area contributed by atoms with Crippen LogP contribution in [0.25, 0.3) is 0 Å². The highest BCUT2D eigenvalue weighted by Crippen LogP contribution is 2.60. The first-order valence-electron chi connectivity index (χ1n) is 20.8. The summed E-state index contributed by atoms with van der Waals surface area (Å²) < 4.78 is 0. The van der Waals surface area contributed by atoms with Crippen LogP contribution in [0, 0.1) is 80.8 Å². The smallest absolute Gasteiger partial charge is 0.145 e. The zero-order chi connectivity index (χ0) is 39.4. The highest BCUT2D eigenvalue weighted by Gasteiger charge is 2.55. The standard InChI is InChI=1S/C11H18O.C11H16O.C10H14O.C10H12O.C6H10O/c2*1-3-10-8-4-5-9(6-8)11(10,2)7-12;2*1-7-8-3-4-9(5-8)10(7,2)6-11;1-3-4-6(2)5-7/h7-10H,3-6H2,1-2H3;4-5,7-10H,3,6H2,1-2H3;6,8-9H,1,3-5H2,2H3;3-4,6,8-9H,1,5H2,2H3;4-5H,3H2,1-2H3/b;;;;6-4+/t2*8-,9+,10-,11-;2*8-,9+,10+;/m1111./s1. The van der Waals surface area contributed by atoms with Crippen molar-refractivity contribution >= 4 is 31.4 Å². The van der Waals surface area contributed by atoms with Crippen LogP contribution in [-0.4, -0.2) is 31.4 Å². The van der Waals surface area contributed by atoms with Crippen LogP contribution in [0.2, 0.25) is 0 Å². The maximum absolute atomic E-state index is 11.1. The predicted octanol–water partition coefficient (Wildman–Crippen LogP) is 10.7. The number of fused-ring (bicyclic) bond motifs is 8. The second-order valence-electron chi connectivity index (χ2n) is 18.5. The van der Waals surface area contributed by atoms with E-state index in [1.165, 1.54) is 69.5 Å². The normalized spacial score (nSPS) is 44.2. The number of carbonyl (C=O) groups excluding carboxylic acids is 5. The number of allylic oxidation sites excluding steroid dienone is 8. The lowest BCUT2D eigenvalue weighted by molar-refractivity contribution is -0.121. The molecule has 8 rings (SSSR count). The number of rotatable bonds is 8. The summed E-state index contributed by atoms with van der Waals surface area (Å²) in [5.41, 5.74) is 2.71. The van der Waals surface area contributed by atoms with Crippen LogP contribution in [0.3, 0.4) is 0 Å². The molecule has 0 spiro atoms. The van der Waals surface area contributed by atoms with Gasteiger partial charge in [-0.3, -0.25) is 4.79 Å². The van der Waals surface area contributed by atoms with Crippen LogP contribution >= 0.6 is 0 Å². The molecule has 292 valence electrons. The second kappa shape index (κ2) is 17.2. The van der Waals surface area contributed by atoms with Crippen molar-refractivity contribution in [2.24, 2.45) is 80.8 Å². The predicted molar refractivity (Wildman–Crippen MR) is 216 cm³/mol. The molecule has 8 bridgehead atoms. The van der Waals surface area contributed by atoms with Gasteiger partial charge >= 0.3 is 0 Å². The van der Waals surface area contributed by atoms with Gasteiger partial charge in [0.25, 0.3) is 0 Å². The molecule has 0 aromatic rings. The van der Waals surface area contributed by atoms with E-state index in [0.717, 1.165) is 55.2 Å². The van der Waals surface area contributed by atoms with Crippen molar-refractivity contribution in [2.45, 2.75) is 126 Å². The third-order valence-electron chi connectivity index (χ3n) is 16.0. The Morgan fingerprint density at radius 3 is 1.68 bits per heavy atom. The molecule has 6 fully saturated rings. The van der Waals surface area contributed by atoms with Crippen molar-refractivity contribution in [3.8, 4) is 0 Å². The molecule has 0 aliphatic heterocycles. The van der Waals surface area contributed by atoms with Crippen LogP contribution in [0.4, 0.5) is 0 Å². The zero-order valence-electron chi connectivity index (χ0n) is 34.3. The molecule has 8 aliphatic rings. The van der Waals surface area contributed by atoms with Gasteiger partial charge in [0.1, 0.15) is 31.4 Å². The summed E-state index contributed by atoms with van der Waals surface area (Å²) in [7, 11) is 0. The van der Waals surface area contributed by atoms with Crippen LogP contribution in [0.15, 0.2) is 60.3 Å². The average Bonchev–Trinajstić information content (AvgIpc) is 4.04. The van der Waals surface area contributed by atoms with E-state index in [-0.39, 0.29) is 21.7 Å². The zero-order valence-corrected chi connectivity index (χ0v) is 34.3. The van der Waals surface area contributed by atoms with E-state index in [4.69, 9.17) is 0 Å². The fourth-order valence-electron chi connectivity index (χ4n) is 12.1. The molecule has 0 aromatic carbocycles. The second-order valence-corrected chi connectivity index (χ2v) is 18.5. The highest BCUT2D eigenvalue weighted by atomic mass is 16.1. The van der Waals surface area contributed by atoms with Gasteiger partial charge in [0.15, 0.2) is 0 Å².